The van der Waals surface area contributed by atoms with E-state index in [1.807, 2.05) is 4.90 Å². The second-order valence-corrected chi connectivity index (χ2v) is 18.9. The second kappa shape index (κ2) is 11.3. The molecule has 3 rings (SSSR count). The third-order valence-electron chi connectivity index (χ3n) is 7.50. The van der Waals surface area contributed by atoms with Gasteiger partial charge in [-0.05, 0) is 0 Å². The number of carbonyl (C=O) groups is 1. The summed E-state index contributed by atoms with van der Waals surface area (Å²) in [6.07, 6.45) is 4.63. The Morgan fingerprint density at radius 3 is 2.41 bits per heavy atom. The first kappa shape index (κ1) is 28.1. The summed E-state index contributed by atoms with van der Waals surface area (Å²) < 4.78 is 10.3. The monoisotopic (exact) mass is 660 g/mol. The van der Waals surface area contributed by atoms with Crippen LogP contribution in [0.3, 0.4) is 0 Å². The molecule has 2 aliphatic heterocycles. The Morgan fingerprint density at radius 2 is 1.85 bits per heavy atom. The summed E-state index contributed by atoms with van der Waals surface area (Å²) in [5.74, 6) is 0.0902. The topological polar surface area (TPSA) is 41.9 Å². The van der Waals surface area contributed by atoms with Gasteiger partial charge in [-0.2, -0.15) is 0 Å². The number of carbonyl (C=O) groups excluding carboxylic acids is 1. The Hall–Kier alpha value is -0.474. The van der Waals surface area contributed by atoms with Crippen LogP contribution in [-0.4, -0.2) is 55.4 Å². The fourth-order valence-corrected chi connectivity index (χ4v) is 9.43. The van der Waals surface area contributed by atoms with E-state index in [1.54, 1.807) is 0 Å². The molecule has 2 heterocycles. The van der Waals surface area contributed by atoms with Crippen LogP contribution >= 0.6 is 22.6 Å². The van der Waals surface area contributed by atoms with Crippen LogP contribution in [0.5, 0.6) is 0 Å². The number of unbranched alkanes of at least 4 members (excludes halogenated alkanes) is 2. The predicted molar refractivity (Wildman–Crippen MR) is 156 cm³/mol. The number of aliphatic imine (C=N–C) groups is 1. The molecule has 1 fully saturated rings. The molecule has 3 atom stereocenters. The molecular formula is C27H41IN2O2SeSi. The SMILES string of the molecule is CCCCCC1=C(CI)[Se]C(=Nc2ccc(C)cc2)N2C(=O)[C@H]([C@@H](C)O[Si](C)(C)C(C)(C)C)[C@@H]12. The van der Waals surface area contributed by atoms with Gasteiger partial charge in [0, 0.05) is 0 Å². The molecule has 0 saturated carbocycles. The van der Waals surface area contributed by atoms with Crippen LogP contribution in [0.2, 0.25) is 18.1 Å². The van der Waals surface area contributed by atoms with Crippen molar-refractivity contribution in [1.82, 2.24) is 4.90 Å². The van der Waals surface area contributed by atoms with Gasteiger partial charge >= 0.3 is 229 Å². The number of amidine groups is 1. The molecule has 0 aliphatic carbocycles. The number of benzene rings is 1. The van der Waals surface area contributed by atoms with E-state index in [0.29, 0.717) is 0 Å². The number of β-lactam (4-membered cyclic amide) rings is 1. The Balaban J connectivity index is 1.97. The van der Waals surface area contributed by atoms with E-state index in [4.69, 9.17) is 9.42 Å². The van der Waals surface area contributed by atoms with E-state index in [2.05, 4.69) is 101 Å². The van der Waals surface area contributed by atoms with Crippen LogP contribution in [0.4, 0.5) is 5.69 Å². The van der Waals surface area contributed by atoms with Gasteiger partial charge in [-0.15, -0.1) is 0 Å². The number of rotatable bonds is 9. The third kappa shape index (κ3) is 5.91. The van der Waals surface area contributed by atoms with Gasteiger partial charge in [-0.25, -0.2) is 0 Å². The Morgan fingerprint density at radius 1 is 1.21 bits per heavy atom. The van der Waals surface area contributed by atoms with Gasteiger partial charge in [0.1, 0.15) is 0 Å². The molecule has 1 aromatic carbocycles. The second-order valence-electron chi connectivity index (χ2n) is 11.1. The van der Waals surface area contributed by atoms with Gasteiger partial charge in [0.05, 0.1) is 0 Å². The molecule has 0 spiro atoms. The average Bonchev–Trinajstić information content (AvgIpc) is 2.74. The van der Waals surface area contributed by atoms with Gasteiger partial charge in [-0.3, -0.25) is 0 Å². The van der Waals surface area contributed by atoms with E-state index in [0.717, 1.165) is 21.3 Å². The van der Waals surface area contributed by atoms with Crippen LogP contribution in [0.15, 0.2) is 39.3 Å². The molecule has 4 nitrogen and oxygen atoms in total. The van der Waals surface area contributed by atoms with Crippen molar-refractivity contribution in [3.63, 3.8) is 0 Å². The van der Waals surface area contributed by atoms with Crippen molar-refractivity contribution in [2.24, 2.45) is 10.9 Å². The fraction of sp³-hybridized carbons (Fsp3) is 0.630. The molecule has 0 bridgehead atoms. The number of halogens is 1. The summed E-state index contributed by atoms with van der Waals surface area (Å²) in [7, 11) is -1.98. The molecule has 1 amide bonds. The number of fused-ring (bicyclic) bond motifs is 1. The number of hydrogen-bond acceptors (Lipinski definition) is 3. The van der Waals surface area contributed by atoms with Gasteiger partial charge < -0.3 is 0 Å². The molecule has 188 valence electrons. The summed E-state index contributed by atoms with van der Waals surface area (Å²) in [4.78, 5) is 20.7. The van der Waals surface area contributed by atoms with E-state index in [9.17, 15) is 4.79 Å². The summed E-state index contributed by atoms with van der Waals surface area (Å²) in [6, 6.07) is 8.40. The van der Waals surface area contributed by atoms with Crippen LogP contribution in [-0.2, 0) is 9.22 Å². The van der Waals surface area contributed by atoms with Crippen molar-refractivity contribution in [1.29, 1.82) is 0 Å². The quantitative estimate of drug-likeness (QED) is 0.0925. The van der Waals surface area contributed by atoms with Gasteiger partial charge in [0.15, 0.2) is 0 Å². The molecule has 0 aromatic heterocycles. The van der Waals surface area contributed by atoms with Crippen molar-refractivity contribution >= 4 is 62.2 Å². The van der Waals surface area contributed by atoms with E-state index >= 15 is 0 Å². The van der Waals surface area contributed by atoms with Crippen LogP contribution < -0.4 is 0 Å². The van der Waals surface area contributed by atoms with E-state index in [1.165, 1.54) is 34.9 Å². The fourth-order valence-electron chi connectivity index (χ4n) is 4.43. The number of allylic oxidation sites excluding steroid dienone is 1. The molecule has 0 unspecified atom stereocenters. The molecule has 7 heteroatoms. The van der Waals surface area contributed by atoms with Crippen molar-refractivity contribution in [3.8, 4) is 0 Å². The third-order valence-corrected chi connectivity index (χ3v) is 16.4. The summed E-state index contributed by atoms with van der Waals surface area (Å²) in [5.41, 5.74) is 3.66. The standard InChI is InChI=1S/C27H41IN2O2SeSi/c1-9-10-11-12-21-22(17-28)33-26(29-20-15-13-18(2)14-16-20)30-24(21)23(25(30)31)19(3)32-34(7,8)27(4,5)6/h13-16,19,23-24H,9-12,17H2,1-8H3/t19-,23-,24-/m1/s1. The van der Waals surface area contributed by atoms with Crippen molar-refractivity contribution in [2.75, 3.05) is 4.43 Å². The van der Waals surface area contributed by atoms with E-state index in [-0.39, 0.29) is 44.0 Å². The number of nitrogens with zero attached hydrogens (tertiary/aromatic N) is 2. The Kier molecular flexibility index (Phi) is 9.33. The number of hydrogen-bond donors (Lipinski definition) is 0. The summed E-state index contributed by atoms with van der Waals surface area (Å²) in [6.45, 7) is 17.8. The maximum atomic E-state index is 13.7. The van der Waals surface area contributed by atoms with Crippen LogP contribution in [0, 0.1) is 12.8 Å². The Bertz CT molecular complexity index is 952. The zero-order chi connectivity index (χ0) is 25.3. The van der Waals surface area contributed by atoms with Crippen molar-refractivity contribution in [2.45, 2.75) is 97.5 Å². The number of alkyl halides is 1. The average molecular weight is 660 g/mol. The van der Waals surface area contributed by atoms with Gasteiger partial charge in [-0.1, -0.05) is 0 Å². The molecule has 34 heavy (non-hydrogen) atoms. The number of amides is 1. The minimum absolute atomic E-state index is 0.0777. The van der Waals surface area contributed by atoms with Gasteiger partial charge in [0.2, 0.25) is 0 Å². The summed E-state index contributed by atoms with van der Waals surface area (Å²) in [5, 5.41) is 0.120. The normalized spacial score (nSPS) is 23.3. The maximum absolute atomic E-state index is 13.7. The zero-order valence-corrected chi connectivity index (χ0v) is 26.9. The van der Waals surface area contributed by atoms with Crippen LogP contribution in [0.25, 0.3) is 0 Å². The molecule has 0 N–H and O–H groups in total. The first-order valence-corrected chi connectivity index (χ1v) is 18.7. The van der Waals surface area contributed by atoms with Gasteiger partial charge in [0.25, 0.3) is 0 Å². The molecule has 1 aromatic rings. The first-order chi connectivity index (χ1) is 15.9. The Labute approximate surface area is 227 Å². The zero-order valence-electron chi connectivity index (χ0n) is 22.1. The minimum atomic E-state index is -1.98. The van der Waals surface area contributed by atoms with Crippen molar-refractivity contribution in [3.05, 3.63) is 39.9 Å². The number of aryl methyl sites for hydroxylation is 1. The molecular weight excluding hydrogens is 618 g/mol. The summed E-state index contributed by atoms with van der Waals surface area (Å²) >= 11 is 2.58. The van der Waals surface area contributed by atoms with Crippen molar-refractivity contribution < 1.29 is 9.22 Å². The molecule has 2 aliphatic rings. The predicted octanol–water partition coefficient (Wildman–Crippen LogP) is 7.21. The molecule has 0 radical (unpaired) electrons. The van der Waals surface area contributed by atoms with Crippen LogP contribution in [0.1, 0.15) is 65.9 Å². The molecule has 1 saturated heterocycles. The first-order valence-electron chi connectivity index (χ1n) is 12.5. The van der Waals surface area contributed by atoms with E-state index < -0.39 is 8.32 Å².